The maximum atomic E-state index is 12.4. The van der Waals surface area contributed by atoms with Crippen molar-refractivity contribution in [2.45, 2.75) is 27.7 Å². The van der Waals surface area contributed by atoms with Crippen molar-refractivity contribution < 1.29 is 36.9 Å². The molecule has 6 rings (SSSR count). The van der Waals surface area contributed by atoms with E-state index in [0.29, 0.717) is 0 Å². The number of nitrogens with one attached hydrogen (secondary N) is 2. The van der Waals surface area contributed by atoms with Crippen molar-refractivity contribution in [3.05, 3.63) is 143 Å². The zero-order valence-electron chi connectivity index (χ0n) is 25.5. The molecule has 7 heteroatoms. The van der Waals surface area contributed by atoms with Gasteiger partial charge in [0, 0.05) is 28.4 Å². The van der Waals surface area contributed by atoms with Gasteiger partial charge in [-0.2, -0.15) is 0 Å². The minimum atomic E-state index is -0.310. The van der Waals surface area contributed by atoms with Gasteiger partial charge in [0.2, 0.25) is 0 Å². The molecule has 0 saturated heterocycles. The molecule has 0 aliphatic carbocycles. The Morgan fingerprint density at radius 2 is 0.822 bits per heavy atom. The van der Waals surface area contributed by atoms with Crippen molar-refractivity contribution in [2.75, 3.05) is 10.6 Å². The Hall–Kier alpha value is -5.10. The number of aromatic hydroxyl groups is 2. The van der Waals surface area contributed by atoms with Crippen LogP contribution in [0.1, 0.15) is 43.0 Å². The number of fused-ring (bicyclic) bond motifs is 2. The Morgan fingerprint density at radius 1 is 0.489 bits per heavy atom. The predicted octanol–water partition coefficient (Wildman–Crippen LogP) is 8.83. The fourth-order valence-electron chi connectivity index (χ4n) is 5.11. The molecule has 6 nitrogen and oxygen atoms in total. The summed E-state index contributed by atoms with van der Waals surface area (Å²) < 4.78 is 0. The van der Waals surface area contributed by atoms with Crippen molar-refractivity contribution in [2.24, 2.45) is 0 Å². The van der Waals surface area contributed by atoms with Gasteiger partial charge in [0.15, 0.2) is 0 Å². The van der Waals surface area contributed by atoms with Crippen LogP contribution in [0.25, 0.3) is 21.5 Å². The van der Waals surface area contributed by atoms with Gasteiger partial charge in [0.1, 0.15) is 11.5 Å². The maximum Gasteiger partial charge on any atom is 0.259 e. The van der Waals surface area contributed by atoms with E-state index >= 15 is 0 Å². The standard InChI is InChI=1S/2C19H17NO2.Fe/c2*1-12-7-8-17(13(2)9-12)20-19(22)16-10-14-5-3-4-6-15(14)11-18(16)21;/h2*3-11,21H,1-2H3,(H,20,22);. The fraction of sp³-hybridized carbons (Fsp3) is 0.105. The number of hydrogen-bond acceptors (Lipinski definition) is 4. The third kappa shape index (κ3) is 7.71. The number of carbonyl (C=O) groups excluding carboxylic acids is 2. The van der Waals surface area contributed by atoms with E-state index in [1.165, 1.54) is 0 Å². The van der Waals surface area contributed by atoms with Crippen LogP contribution in [0.3, 0.4) is 0 Å². The first-order valence-corrected chi connectivity index (χ1v) is 14.3. The molecule has 2 amide bonds. The van der Waals surface area contributed by atoms with Crippen LogP contribution < -0.4 is 10.6 Å². The topological polar surface area (TPSA) is 98.7 Å². The summed E-state index contributed by atoms with van der Waals surface area (Å²) in [7, 11) is 0. The van der Waals surface area contributed by atoms with Crippen LogP contribution in [0.4, 0.5) is 11.4 Å². The van der Waals surface area contributed by atoms with Crippen molar-refractivity contribution in [1.82, 2.24) is 0 Å². The predicted molar refractivity (Wildman–Crippen MR) is 179 cm³/mol. The molecule has 0 atom stereocenters. The van der Waals surface area contributed by atoms with Crippen LogP contribution >= 0.6 is 0 Å². The molecule has 0 aliphatic heterocycles. The Bertz CT molecular complexity index is 1890. The van der Waals surface area contributed by atoms with E-state index in [4.69, 9.17) is 0 Å². The third-order valence-electron chi connectivity index (χ3n) is 7.48. The van der Waals surface area contributed by atoms with Gasteiger partial charge in [-0.15, -0.1) is 0 Å². The van der Waals surface area contributed by atoms with E-state index in [1.807, 2.05) is 113 Å². The van der Waals surface area contributed by atoms with Gasteiger partial charge in [0.25, 0.3) is 11.8 Å². The minimum Gasteiger partial charge on any atom is -0.507 e. The van der Waals surface area contributed by atoms with Gasteiger partial charge in [-0.25, -0.2) is 0 Å². The molecule has 228 valence electrons. The Balaban J connectivity index is 0.000000200. The summed E-state index contributed by atoms with van der Waals surface area (Å²) in [5, 5.41) is 29.6. The molecule has 45 heavy (non-hydrogen) atoms. The average Bonchev–Trinajstić information content (AvgIpc) is 2.99. The molecular formula is C38H34FeN2O4. The number of phenols is 2. The maximum absolute atomic E-state index is 12.4. The molecule has 6 aromatic rings. The zero-order chi connectivity index (χ0) is 31.4. The van der Waals surface area contributed by atoms with Crippen molar-refractivity contribution in [3.63, 3.8) is 0 Å². The monoisotopic (exact) mass is 638 g/mol. The third-order valence-corrected chi connectivity index (χ3v) is 7.48. The molecule has 6 aromatic carbocycles. The largest absolute Gasteiger partial charge is 0.507 e. The number of phenolic OH excluding ortho intramolecular Hbond substituents is 2. The molecule has 4 N–H and O–H groups in total. The number of amides is 2. The Kier molecular flexibility index (Phi) is 10.3. The molecule has 0 heterocycles. The van der Waals surface area contributed by atoms with Crippen LogP contribution in [0.15, 0.2) is 109 Å². The van der Waals surface area contributed by atoms with Gasteiger partial charge in [-0.1, -0.05) is 83.9 Å². The number of aryl methyl sites for hydroxylation is 4. The van der Waals surface area contributed by atoms with E-state index in [1.54, 1.807) is 24.3 Å². The van der Waals surface area contributed by atoms with Gasteiger partial charge in [-0.05, 0) is 96.8 Å². The molecular weight excluding hydrogens is 604 g/mol. The molecule has 0 aromatic heterocycles. The molecule has 0 unspecified atom stereocenters. The van der Waals surface area contributed by atoms with Crippen LogP contribution in [-0.2, 0) is 17.1 Å². The van der Waals surface area contributed by atoms with Crippen LogP contribution in [-0.4, -0.2) is 22.0 Å². The van der Waals surface area contributed by atoms with Gasteiger partial charge < -0.3 is 20.8 Å². The summed E-state index contributed by atoms with van der Waals surface area (Å²) in [6.45, 7) is 7.91. The van der Waals surface area contributed by atoms with Gasteiger partial charge >= 0.3 is 0 Å². The van der Waals surface area contributed by atoms with E-state index in [9.17, 15) is 19.8 Å². The van der Waals surface area contributed by atoms with Crippen molar-refractivity contribution in [3.8, 4) is 11.5 Å². The first-order valence-electron chi connectivity index (χ1n) is 14.3. The molecule has 0 bridgehead atoms. The van der Waals surface area contributed by atoms with E-state index < -0.39 is 0 Å². The number of carbonyl (C=O) groups is 2. The number of rotatable bonds is 4. The van der Waals surface area contributed by atoms with E-state index in [0.717, 1.165) is 55.2 Å². The average molecular weight is 639 g/mol. The minimum absolute atomic E-state index is 0. The number of anilines is 2. The van der Waals surface area contributed by atoms with Crippen molar-refractivity contribution in [1.29, 1.82) is 0 Å². The molecule has 0 spiro atoms. The number of hydrogen-bond donors (Lipinski definition) is 4. The van der Waals surface area contributed by atoms with Crippen LogP contribution in [0.5, 0.6) is 11.5 Å². The van der Waals surface area contributed by atoms with Crippen LogP contribution in [0.2, 0.25) is 0 Å². The second kappa shape index (κ2) is 14.1. The van der Waals surface area contributed by atoms with Gasteiger partial charge in [-0.3, -0.25) is 9.59 Å². The van der Waals surface area contributed by atoms with E-state index in [-0.39, 0.29) is 51.5 Å². The quantitative estimate of drug-likeness (QED) is 0.145. The number of benzene rings is 6. The summed E-state index contributed by atoms with van der Waals surface area (Å²) in [6, 6.07) is 33.6. The Labute approximate surface area is 273 Å². The summed E-state index contributed by atoms with van der Waals surface area (Å²) in [6.07, 6.45) is 0. The fourth-order valence-corrected chi connectivity index (χ4v) is 5.11. The summed E-state index contributed by atoms with van der Waals surface area (Å²) in [4.78, 5) is 24.9. The molecule has 0 fully saturated rings. The molecule has 0 radical (unpaired) electrons. The van der Waals surface area contributed by atoms with E-state index in [2.05, 4.69) is 10.6 Å². The first-order chi connectivity index (χ1) is 21.1. The summed E-state index contributed by atoms with van der Waals surface area (Å²) >= 11 is 0. The second-order valence-corrected chi connectivity index (χ2v) is 11.0. The normalized spacial score (nSPS) is 10.4. The van der Waals surface area contributed by atoms with Crippen molar-refractivity contribution >= 4 is 44.7 Å². The smallest absolute Gasteiger partial charge is 0.259 e. The molecule has 0 saturated carbocycles. The second-order valence-electron chi connectivity index (χ2n) is 11.0. The Morgan fingerprint density at radius 3 is 1.16 bits per heavy atom. The van der Waals surface area contributed by atoms with Crippen LogP contribution in [0, 0.1) is 27.7 Å². The zero-order valence-corrected chi connectivity index (χ0v) is 26.6. The SMILES string of the molecule is Cc1ccc(NC(=O)c2cc3ccccc3cc2O)c(C)c1.Cc1ccc(NC(=O)c2cc3ccccc3cc2O)c(C)c1.[Fe]. The summed E-state index contributed by atoms with van der Waals surface area (Å²) in [5.41, 5.74) is 6.33. The van der Waals surface area contributed by atoms with Gasteiger partial charge in [0.05, 0.1) is 11.1 Å². The first kappa shape index (κ1) is 32.8. The summed E-state index contributed by atoms with van der Waals surface area (Å²) in [5.74, 6) is -0.646. The molecule has 0 aliphatic rings.